The fourth-order valence-electron chi connectivity index (χ4n) is 5.90. The van der Waals surface area contributed by atoms with Gasteiger partial charge >= 0.3 is 6.18 Å². The van der Waals surface area contributed by atoms with Crippen LogP contribution in [0.15, 0.2) is 60.9 Å². The summed E-state index contributed by atoms with van der Waals surface area (Å²) in [7, 11) is 0. The summed E-state index contributed by atoms with van der Waals surface area (Å²) in [5, 5.41) is 6.54. The molecule has 0 saturated carbocycles. The SMILES string of the molecule is NC(=O)c1cc(-c2cccnc2[C@@H]2Cc3cc(F)cc(c3)C3COCCN3Cc3cn(nc3C(F)(F)F)CC(=O)N2)ccc1F. The highest BCUT2D eigenvalue weighted by atomic mass is 19.4. The minimum atomic E-state index is -4.77. The lowest BCUT2D eigenvalue weighted by Crippen LogP contribution is -2.39. The summed E-state index contributed by atoms with van der Waals surface area (Å²) in [6.07, 6.45) is -2.07. The number of fused-ring (bicyclic) bond motifs is 6. The maximum absolute atomic E-state index is 15.1. The predicted octanol–water partition coefficient (Wildman–Crippen LogP) is 4.33. The third-order valence-corrected chi connectivity index (χ3v) is 7.88. The fourth-order valence-corrected chi connectivity index (χ4v) is 5.90. The Labute approximate surface area is 253 Å². The number of carbonyl (C=O) groups is 2. The molecule has 1 saturated heterocycles. The molecule has 4 aromatic rings. The van der Waals surface area contributed by atoms with Gasteiger partial charge in [-0.1, -0.05) is 18.2 Å². The van der Waals surface area contributed by atoms with Crippen LogP contribution in [-0.2, 0) is 35.2 Å². The molecule has 2 aromatic heterocycles. The summed E-state index contributed by atoms with van der Waals surface area (Å²) in [5.74, 6) is -3.03. The van der Waals surface area contributed by atoms with E-state index in [9.17, 15) is 27.2 Å². The molecule has 0 radical (unpaired) electrons. The van der Waals surface area contributed by atoms with Crippen molar-refractivity contribution in [3.8, 4) is 11.1 Å². The van der Waals surface area contributed by atoms with Crippen molar-refractivity contribution in [2.24, 2.45) is 5.73 Å². The van der Waals surface area contributed by atoms with Crippen LogP contribution in [0.5, 0.6) is 0 Å². The fraction of sp³-hybridized carbons (Fsp3) is 0.290. The van der Waals surface area contributed by atoms with Crippen molar-refractivity contribution in [2.75, 3.05) is 19.8 Å². The van der Waals surface area contributed by atoms with Crippen LogP contribution < -0.4 is 11.1 Å². The van der Waals surface area contributed by atoms with E-state index >= 15 is 4.39 Å². The molecule has 2 aromatic carbocycles. The van der Waals surface area contributed by atoms with Crippen molar-refractivity contribution in [1.82, 2.24) is 25.0 Å². The summed E-state index contributed by atoms with van der Waals surface area (Å²) in [6, 6.07) is 9.94. The van der Waals surface area contributed by atoms with Crippen LogP contribution in [0.2, 0.25) is 0 Å². The van der Waals surface area contributed by atoms with Gasteiger partial charge in [0.15, 0.2) is 5.69 Å². The molecule has 4 heterocycles. The highest BCUT2D eigenvalue weighted by Crippen LogP contribution is 2.35. The molecule has 2 aliphatic heterocycles. The summed E-state index contributed by atoms with van der Waals surface area (Å²) < 4.78 is 78.2. The van der Waals surface area contributed by atoms with Crippen molar-refractivity contribution < 1.29 is 36.3 Å². The zero-order chi connectivity index (χ0) is 31.9. The molecule has 0 aliphatic carbocycles. The number of benzene rings is 2. The van der Waals surface area contributed by atoms with Gasteiger partial charge in [-0.3, -0.25) is 24.2 Å². The number of alkyl halides is 3. The van der Waals surface area contributed by atoms with Gasteiger partial charge in [-0.25, -0.2) is 8.78 Å². The summed E-state index contributed by atoms with van der Waals surface area (Å²) in [4.78, 5) is 31.5. The van der Waals surface area contributed by atoms with Crippen LogP contribution >= 0.6 is 0 Å². The first-order valence-corrected chi connectivity index (χ1v) is 14.0. The third kappa shape index (κ3) is 6.42. The molecule has 0 spiro atoms. The quantitative estimate of drug-likeness (QED) is 0.328. The van der Waals surface area contributed by atoms with Gasteiger partial charge in [0.25, 0.3) is 5.91 Å². The second-order valence-corrected chi connectivity index (χ2v) is 11.0. The Morgan fingerprint density at radius 2 is 1.91 bits per heavy atom. The van der Waals surface area contributed by atoms with E-state index in [-0.39, 0.29) is 37.3 Å². The molecule has 2 aliphatic rings. The number of aromatic nitrogens is 3. The number of hydrogen-bond acceptors (Lipinski definition) is 6. The van der Waals surface area contributed by atoms with Gasteiger partial charge in [0.1, 0.15) is 18.2 Å². The molecule has 1 fully saturated rings. The van der Waals surface area contributed by atoms with E-state index in [2.05, 4.69) is 15.4 Å². The third-order valence-electron chi connectivity index (χ3n) is 7.88. The number of morpholine rings is 1. The monoisotopic (exact) mass is 626 g/mol. The first kappa shape index (κ1) is 30.3. The number of nitrogens with zero attached hydrogens (tertiary/aromatic N) is 4. The number of carbonyl (C=O) groups excluding carboxylic acids is 2. The van der Waals surface area contributed by atoms with Crippen molar-refractivity contribution in [1.29, 1.82) is 0 Å². The number of pyridine rings is 1. The molecule has 14 heteroatoms. The van der Waals surface area contributed by atoms with Gasteiger partial charge in [0.2, 0.25) is 5.91 Å². The lowest BCUT2D eigenvalue weighted by molar-refractivity contribution is -0.142. The van der Waals surface area contributed by atoms with E-state index in [1.165, 1.54) is 36.7 Å². The highest BCUT2D eigenvalue weighted by molar-refractivity contribution is 5.94. The molecule has 234 valence electrons. The topological polar surface area (TPSA) is 115 Å². The molecule has 4 bridgehead atoms. The van der Waals surface area contributed by atoms with Crippen molar-refractivity contribution in [3.63, 3.8) is 0 Å². The zero-order valence-corrected chi connectivity index (χ0v) is 23.7. The second-order valence-electron chi connectivity index (χ2n) is 11.0. The van der Waals surface area contributed by atoms with E-state index in [4.69, 9.17) is 10.5 Å². The number of nitrogens with one attached hydrogen (secondary N) is 1. The Bertz CT molecular complexity index is 1770. The van der Waals surface area contributed by atoms with Gasteiger partial charge in [-0.2, -0.15) is 18.3 Å². The van der Waals surface area contributed by atoms with Crippen molar-refractivity contribution >= 4 is 11.8 Å². The first-order chi connectivity index (χ1) is 21.5. The minimum Gasteiger partial charge on any atom is -0.378 e. The Hall–Kier alpha value is -4.69. The van der Waals surface area contributed by atoms with Gasteiger partial charge < -0.3 is 15.8 Å². The van der Waals surface area contributed by atoms with Crippen LogP contribution in [-0.4, -0.2) is 51.2 Å². The van der Waals surface area contributed by atoms with E-state index in [1.807, 2.05) is 0 Å². The largest absolute Gasteiger partial charge is 0.435 e. The average molecular weight is 627 g/mol. The number of rotatable bonds is 3. The molecule has 2 atom stereocenters. The Morgan fingerprint density at radius 3 is 2.69 bits per heavy atom. The molecular weight excluding hydrogens is 599 g/mol. The Balaban J connectivity index is 1.48. The van der Waals surface area contributed by atoms with Crippen LogP contribution in [0, 0.1) is 11.6 Å². The lowest BCUT2D eigenvalue weighted by atomic mass is 9.93. The van der Waals surface area contributed by atoms with Crippen LogP contribution in [0.25, 0.3) is 11.1 Å². The van der Waals surface area contributed by atoms with Crippen molar-refractivity contribution in [3.05, 3.63) is 106 Å². The molecule has 45 heavy (non-hydrogen) atoms. The molecule has 9 nitrogen and oxygen atoms in total. The van der Waals surface area contributed by atoms with Crippen LogP contribution in [0.3, 0.4) is 0 Å². The Kier molecular flexibility index (Phi) is 8.10. The maximum Gasteiger partial charge on any atom is 0.435 e. The highest BCUT2D eigenvalue weighted by Gasteiger charge is 2.39. The predicted molar refractivity (Wildman–Crippen MR) is 150 cm³/mol. The smallest absolute Gasteiger partial charge is 0.378 e. The Morgan fingerprint density at radius 1 is 1.09 bits per heavy atom. The van der Waals surface area contributed by atoms with Gasteiger partial charge in [0.05, 0.1) is 36.6 Å². The number of amides is 2. The van der Waals surface area contributed by atoms with Crippen LogP contribution in [0.1, 0.15) is 50.5 Å². The minimum absolute atomic E-state index is 0.0378. The standard InChI is InChI=1S/C31H27F5N6O3/c32-21-9-17-8-19(11-21)26-16-45-7-6-41(26)13-20-14-42(40-29(20)31(34,35)36)15-27(43)39-25(10-17)28-22(2-1-5-38-28)18-3-4-24(33)23(12-18)30(37)44/h1-5,8-9,11-12,14,25-26H,6-7,10,13,15-16H2,(H2,37,44)(H,39,43)/t25-,26?/m0/s1. The number of nitrogens with two attached hydrogens (primary N) is 1. The normalized spacial score (nSPS) is 19.4. The maximum atomic E-state index is 15.1. The van der Waals surface area contributed by atoms with Gasteiger partial charge in [-0.05, 0) is 53.4 Å². The first-order valence-electron chi connectivity index (χ1n) is 14.0. The number of primary amides is 1. The molecule has 1 unspecified atom stereocenters. The number of halogens is 5. The van der Waals surface area contributed by atoms with E-state index in [0.29, 0.717) is 34.5 Å². The molecule has 6 rings (SSSR count). The second kappa shape index (κ2) is 12.0. The number of hydrogen-bond donors (Lipinski definition) is 2. The summed E-state index contributed by atoms with van der Waals surface area (Å²) in [6.45, 7) is 0.0360. The van der Waals surface area contributed by atoms with Gasteiger partial charge in [0, 0.05) is 36.6 Å². The van der Waals surface area contributed by atoms with Crippen molar-refractivity contribution in [2.45, 2.75) is 37.8 Å². The molecule has 2 amide bonds. The van der Waals surface area contributed by atoms with E-state index in [1.54, 1.807) is 23.1 Å². The molecular formula is C31H27F5N6O3. The van der Waals surface area contributed by atoms with Crippen LogP contribution in [0.4, 0.5) is 22.0 Å². The molecule has 3 N–H and O–H groups in total. The summed E-state index contributed by atoms with van der Waals surface area (Å²) in [5.41, 5.74) is 5.86. The van der Waals surface area contributed by atoms with Gasteiger partial charge in [-0.15, -0.1) is 0 Å². The zero-order valence-electron chi connectivity index (χ0n) is 23.7. The van der Waals surface area contributed by atoms with E-state index in [0.717, 1.165) is 10.7 Å². The number of ether oxygens (including phenoxy) is 1. The average Bonchev–Trinajstić information content (AvgIpc) is 3.39. The van der Waals surface area contributed by atoms with E-state index < -0.39 is 53.9 Å². The lowest BCUT2D eigenvalue weighted by Gasteiger charge is -2.36. The summed E-state index contributed by atoms with van der Waals surface area (Å²) >= 11 is 0.